The van der Waals surface area contributed by atoms with Crippen molar-refractivity contribution in [3.05, 3.63) is 65.7 Å². The summed E-state index contributed by atoms with van der Waals surface area (Å²) < 4.78 is 5.76. The molecule has 1 fully saturated rings. The van der Waals surface area contributed by atoms with Gasteiger partial charge in [0.05, 0.1) is 12.2 Å². The number of nitrogens with one attached hydrogen (secondary N) is 1. The van der Waals surface area contributed by atoms with Gasteiger partial charge in [0.25, 0.3) is 5.91 Å². The number of rotatable bonds is 5. The van der Waals surface area contributed by atoms with Gasteiger partial charge in [0.1, 0.15) is 5.75 Å². The first-order chi connectivity index (χ1) is 15.7. The molecule has 2 aliphatic rings. The van der Waals surface area contributed by atoms with Crippen molar-refractivity contribution in [3.63, 3.8) is 0 Å². The van der Waals surface area contributed by atoms with Crippen molar-refractivity contribution >= 4 is 34.0 Å². The molecule has 32 heavy (non-hydrogen) atoms. The summed E-state index contributed by atoms with van der Waals surface area (Å²) in [5.74, 6) is 0.819. The third-order valence-electron chi connectivity index (χ3n) is 6.62. The summed E-state index contributed by atoms with van der Waals surface area (Å²) in [6.45, 7) is 3.12. The minimum absolute atomic E-state index is 0.170. The highest BCUT2D eigenvalue weighted by molar-refractivity contribution is 6.15. The molecule has 3 aromatic carbocycles. The maximum atomic E-state index is 13.3. The molecule has 0 bridgehead atoms. The molecule has 0 saturated heterocycles. The van der Waals surface area contributed by atoms with Gasteiger partial charge in [-0.3, -0.25) is 9.59 Å². The molecule has 3 aromatic rings. The second kappa shape index (κ2) is 8.65. The van der Waals surface area contributed by atoms with Gasteiger partial charge in [-0.15, -0.1) is 0 Å². The van der Waals surface area contributed by atoms with Crippen LogP contribution in [0.15, 0.2) is 54.6 Å². The Morgan fingerprint density at radius 2 is 1.88 bits per heavy atom. The number of benzene rings is 3. The van der Waals surface area contributed by atoms with Crippen molar-refractivity contribution < 1.29 is 14.3 Å². The zero-order valence-corrected chi connectivity index (χ0v) is 18.4. The number of carbonyl (C=O) groups is 2. The summed E-state index contributed by atoms with van der Waals surface area (Å²) in [7, 11) is 0. The maximum Gasteiger partial charge on any atom is 0.260 e. The van der Waals surface area contributed by atoms with Crippen LogP contribution in [0.2, 0.25) is 0 Å². The Labute approximate surface area is 188 Å². The number of nitrogens with zero attached hydrogens (tertiary/aromatic N) is 1. The van der Waals surface area contributed by atoms with Gasteiger partial charge in [0.15, 0.2) is 0 Å². The van der Waals surface area contributed by atoms with Crippen LogP contribution in [-0.2, 0) is 11.2 Å². The molecule has 0 atom stereocenters. The Kier molecular flexibility index (Phi) is 5.56. The van der Waals surface area contributed by atoms with E-state index in [1.54, 1.807) is 0 Å². The van der Waals surface area contributed by atoms with E-state index in [2.05, 4.69) is 5.32 Å². The lowest BCUT2D eigenvalue weighted by Crippen LogP contribution is -2.33. The number of ether oxygens (including phenoxy) is 1. The summed E-state index contributed by atoms with van der Waals surface area (Å²) in [4.78, 5) is 28.2. The molecule has 0 radical (unpaired) electrons. The van der Waals surface area contributed by atoms with Gasteiger partial charge in [-0.1, -0.05) is 43.2 Å². The lowest BCUT2D eigenvalue weighted by Gasteiger charge is -2.21. The number of anilines is 2. The van der Waals surface area contributed by atoms with Crippen molar-refractivity contribution in [3.8, 4) is 5.75 Å². The first-order valence-corrected chi connectivity index (χ1v) is 11.6. The van der Waals surface area contributed by atoms with Crippen molar-refractivity contribution in [1.82, 2.24) is 0 Å². The zero-order chi connectivity index (χ0) is 22.1. The molecule has 1 N–H and O–H groups in total. The Morgan fingerprint density at radius 3 is 2.69 bits per heavy atom. The lowest BCUT2D eigenvalue weighted by atomic mass is 10.0. The van der Waals surface area contributed by atoms with Crippen LogP contribution in [0.1, 0.15) is 48.5 Å². The predicted molar refractivity (Wildman–Crippen MR) is 128 cm³/mol. The smallest absolute Gasteiger partial charge is 0.260 e. The average Bonchev–Trinajstić information content (AvgIpc) is 3.49. The highest BCUT2D eigenvalue weighted by Crippen LogP contribution is 2.35. The first-order valence-electron chi connectivity index (χ1n) is 11.6. The van der Waals surface area contributed by atoms with Crippen molar-refractivity contribution in [2.45, 2.75) is 39.0 Å². The van der Waals surface area contributed by atoms with Gasteiger partial charge in [0.2, 0.25) is 5.91 Å². The Bertz CT molecular complexity index is 1180. The molecule has 1 aliphatic carbocycles. The van der Waals surface area contributed by atoms with Crippen LogP contribution in [0.25, 0.3) is 10.8 Å². The van der Waals surface area contributed by atoms with Crippen molar-refractivity contribution in [1.29, 1.82) is 0 Å². The summed E-state index contributed by atoms with van der Waals surface area (Å²) >= 11 is 0. The SMILES string of the molecule is CCOc1ccc2ccccc2c1C(=O)Nc1ccc2c(c1)CCN2C(=O)C1CCCC1. The highest BCUT2D eigenvalue weighted by atomic mass is 16.5. The van der Waals surface area contributed by atoms with Crippen LogP contribution in [0.3, 0.4) is 0 Å². The summed E-state index contributed by atoms with van der Waals surface area (Å²) in [6.07, 6.45) is 5.13. The quantitative estimate of drug-likeness (QED) is 0.578. The van der Waals surface area contributed by atoms with Gasteiger partial charge >= 0.3 is 0 Å². The third-order valence-corrected chi connectivity index (χ3v) is 6.62. The second-order valence-electron chi connectivity index (χ2n) is 8.61. The predicted octanol–water partition coefficient (Wildman–Crippen LogP) is 5.57. The minimum atomic E-state index is -0.193. The normalized spacial score (nSPS) is 15.7. The zero-order valence-electron chi connectivity index (χ0n) is 18.4. The van der Waals surface area contributed by atoms with Gasteiger partial charge < -0.3 is 15.0 Å². The molecule has 164 valence electrons. The summed E-state index contributed by atoms with van der Waals surface area (Å²) in [6, 6.07) is 17.5. The fraction of sp³-hybridized carbons (Fsp3) is 0.333. The Balaban J connectivity index is 1.40. The van der Waals surface area contributed by atoms with Crippen molar-refractivity contribution in [2.75, 3.05) is 23.4 Å². The van der Waals surface area contributed by atoms with Gasteiger partial charge in [-0.2, -0.15) is 0 Å². The van der Waals surface area contributed by atoms with E-state index >= 15 is 0 Å². The molecule has 0 spiro atoms. The lowest BCUT2D eigenvalue weighted by molar-refractivity contribution is -0.122. The minimum Gasteiger partial charge on any atom is -0.493 e. The van der Waals surface area contributed by atoms with E-state index in [0.717, 1.165) is 66.4 Å². The molecular formula is C27H28N2O3. The Morgan fingerprint density at radius 1 is 1.06 bits per heavy atom. The number of hydrogen-bond acceptors (Lipinski definition) is 3. The maximum absolute atomic E-state index is 13.3. The standard InChI is InChI=1S/C27H28N2O3/c1-2-32-24-14-11-18-7-5-6-10-22(18)25(24)26(30)28-21-12-13-23-20(17-21)15-16-29(23)27(31)19-8-3-4-9-19/h5-7,10-14,17,19H,2-4,8-9,15-16H2,1H3,(H,28,30). The van der Waals surface area contributed by atoms with Crippen LogP contribution < -0.4 is 15.0 Å². The van der Waals surface area contributed by atoms with Gasteiger partial charge in [-0.25, -0.2) is 0 Å². The fourth-order valence-electron chi connectivity index (χ4n) is 5.06. The molecule has 1 heterocycles. The van der Waals surface area contributed by atoms with Crippen LogP contribution >= 0.6 is 0 Å². The third kappa shape index (κ3) is 3.72. The van der Waals surface area contributed by atoms with Crippen molar-refractivity contribution in [2.24, 2.45) is 5.92 Å². The van der Waals surface area contributed by atoms with E-state index in [4.69, 9.17) is 4.74 Å². The molecule has 0 unspecified atom stereocenters. The number of carbonyl (C=O) groups excluding carboxylic acids is 2. The average molecular weight is 429 g/mol. The van der Waals surface area contributed by atoms with E-state index in [-0.39, 0.29) is 17.7 Å². The second-order valence-corrected chi connectivity index (χ2v) is 8.61. The molecule has 0 aromatic heterocycles. The van der Waals surface area contributed by atoms with E-state index < -0.39 is 0 Å². The van der Waals surface area contributed by atoms with Gasteiger partial charge in [-0.05, 0) is 66.8 Å². The molecule has 5 heteroatoms. The van der Waals surface area contributed by atoms with Crippen LogP contribution in [0.4, 0.5) is 11.4 Å². The number of hydrogen-bond donors (Lipinski definition) is 1. The van der Waals surface area contributed by atoms with E-state index in [1.165, 1.54) is 0 Å². The van der Waals surface area contributed by atoms with Crippen LogP contribution in [-0.4, -0.2) is 25.0 Å². The summed E-state index contributed by atoms with van der Waals surface area (Å²) in [5, 5.41) is 4.92. The Hall–Kier alpha value is -3.34. The summed E-state index contributed by atoms with van der Waals surface area (Å²) in [5.41, 5.74) is 3.37. The number of fused-ring (bicyclic) bond motifs is 2. The van der Waals surface area contributed by atoms with Crippen LogP contribution in [0, 0.1) is 5.92 Å². The van der Waals surface area contributed by atoms with Gasteiger partial charge in [0, 0.05) is 23.8 Å². The highest BCUT2D eigenvalue weighted by Gasteiger charge is 2.32. The topological polar surface area (TPSA) is 58.6 Å². The monoisotopic (exact) mass is 428 g/mol. The first kappa shape index (κ1) is 20.6. The van der Waals surface area contributed by atoms with Crippen LogP contribution in [0.5, 0.6) is 5.75 Å². The van der Waals surface area contributed by atoms with E-state index in [9.17, 15) is 9.59 Å². The van der Waals surface area contributed by atoms with E-state index in [0.29, 0.717) is 17.9 Å². The molecule has 5 nitrogen and oxygen atoms in total. The number of amides is 2. The largest absolute Gasteiger partial charge is 0.493 e. The molecule has 1 saturated carbocycles. The molecule has 2 amide bonds. The molecule has 5 rings (SSSR count). The molecule has 1 aliphatic heterocycles. The fourth-order valence-corrected chi connectivity index (χ4v) is 5.06. The van der Waals surface area contributed by atoms with E-state index in [1.807, 2.05) is 66.4 Å². The molecular weight excluding hydrogens is 400 g/mol.